The third kappa shape index (κ3) is 3.67. The number of aliphatic imine (C=N–C) groups is 1. The SMILES string of the molecule is COc1ccc2cc(O)c(C(=O)Nc3ccc(N=C(N)N)cc3)cc2c1. The lowest BCUT2D eigenvalue weighted by Crippen LogP contribution is -2.21. The first kappa shape index (κ1) is 17.1. The van der Waals surface area contributed by atoms with Crippen LogP contribution in [0.2, 0.25) is 0 Å². The van der Waals surface area contributed by atoms with E-state index in [0.29, 0.717) is 17.1 Å². The van der Waals surface area contributed by atoms with Crippen molar-refractivity contribution in [2.45, 2.75) is 0 Å². The van der Waals surface area contributed by atoms with Crippen LogP contribution >= 0.6 is 0 Å². The van der Waals surface area contributed by atoms with Gasteiger partial charge < -0.3 is 26.6 Å². The zero-order valence-corrected chi connectivity index (χ0v) is 14.1. The average Bonchev–Trinajstić information content (AvgIpc) is 2.62. The number of methoxy groups -OCH3 is 1. The van der Waals surface area contributed by atoms with Gasteiger partial charge >= 0.3 is 0 Å². The highest BCUT2D eigenvalue weighted by Gasteiger charge is 2.13. The molecule has 26 heavy (non-hydrogen) atoms. The van der Waals surface area contributed by atoms with E-state index in [4.69, 9.17) is 16.2 Å². The van der Waals surface area contributed by atoms with Crippen molar-refractivity contribution in [1.82, 2.24) is 0 Å². The lowest BCUT2D eigenvalue weighted by Gasteiger charge is -2.09. The van der Waals surface area contributed by atoms with Gasteiger partial charge in [-0.3, -0.25) is 4.79 Å². The number of ether oxygens (including phenoxy) is 1. The molecule has 0 bridgehead atoms. The minimum absolute atomic E-state index is 0.0432. The van der Waals surface area contributed by atoms with Crippen molar-refractivity contribution in [3.05, 3.63) is 60.2 Å². The zero-order chi connectivity index (χ0) is 18.7. The Bertz CT molecular complexity index is 994. The molecule has 0 spiro atoms. The molecule has 3 aromatic carbocycles. The highest BCUT2D eigenvalue weighted by atomic mass is 16.5. The number of aromatic hydroxyl groups is 1. The van der Waals surface area contributed by atoms with Crippen molar-refractivity contribution < 1.29 is 14.6 Å². The molecule has 0 aliphatic heterocycles. The second kappa shape index (κ2) is 7.02. The van der Waals surface area contributed by atoms with E-state index in [9.17, 15) is 9.90 Å². The Morgan fingerprint density at radius 1 is 1.04 bits per heavy atom. The summed E-state index contributed by atoms with van der Waals surface area (Å²) in [5, 5.41) is 14.5. The van der Waals surface area contributed by atoms with Gasteiger partial charge in [0.05, 0.1) is 18.4 Å². The Kier molecular flexibility index (Phi) is 4.62. The molecule has 0 saturated heterocycles. The van der Waals surface area contributed by atoms with Crippen molar-refractivity contribution in [2.75, 3.05) is 12.4 Å². The smallest absolute Gasteiger partial charge is 0.259 e. The molecule has 0 aromatic heterocycles. The molecule has 0 aliphatic rings. The van der Waals surface area contributed by atoms with Crippen molar-refractivity contribution in [3.8, 4) is 11.5 Å². The minimum Gasteiger partial charge on any atom is -0.507 e. The maximum absolute atomic E-state index is 12.5. The molecule has 132 valence electrons. The number of phenolic OH excluding ortho intramolecular Hbond substituents is 1. The van der Waals surface area contributed by atoms with Crippen LogP contribution in [0.4, 0.5) is 11.4 Å². The molecule has 0 unspecified atom stereocenters. The molecular weight excluding hydrogens is 332 g/mol. The predicted molar refractivity (Wildman–Crippen MR) is 102 cm³/mol. The van der Waals surface area contributed by atoms with Crippen LogP contribution in [-0.2, 0) is 0 Å². The quantitative estimate of drug-likeness (QED) is 0.425. The summed E-state index contributed by atoms with van der Waals surface area (Å²) in [7, 11) is 1.57. The van der Waals surface area contributed by atoms with Gasteiger partial charge in [-0.05, 0) is 59.3 Å². The summed E-state index contributed by atoms with van der Waals surface area (Å²) in [6, 6.07) is 15.2. The number of carbonyl (C=O) groups excluding carboxylic acids is 1. The summed E-state index contributed by atoms with van der Waals surface area (Å²) in [6.45, 7) is 0. The molecule has 0 saturated carbocycles. The topological polar surface area (TPSA) is 123 Å². The van der Waals surface area contributed by atoms with E-state index in [2.05, 4.69) is 10.3 Å². The number of fused-ring (bicyclic) bond motifs is 1. The molecule has 6 N–H and O–H groups in total. The number of amides is 1. The van der Waals surface area contributed by atoms with Gasteiger partial charge in [-0.1, -0.05) is 6.07 Å². The minimum atomic E-state index is -0.429. The molecule has 0 radical (unpaired) electrons. The molecule has 0 fully saturated rings. The van der Waals surface area contributed by atoms with Crippen LogP contribution in [0.15, 0.2) is 59.6 Å². The van der Waals surface area contributed by atoms with Crippen LogP contribution in [0.5, 0.6) is 11.5 Å². The molecule has 0 aliphatic carbocycles. The number of hydrogen-bond donors (Lipinski definition) is 4. The maximum atomic E-state index is 12.5. The van der Waals surface area contributed by atoms with Gasteiger partial charge in [-0.2, -0.15) is 0 Å². The number of guanidine groups is 1. The predicted octanol–water partition coefficient (Wildman–Crippen LogP) is 2.71. The van der Waals surface area contributed by atoms with Crippen molar-refractivity contribution in [1.29, 1.82) is 0 Å². The highest BCUT2D eigenvalue weighted by Crippen LogP contribution is 2.28. The number of nitrogens with zero attached hydrogens (tertiary/aromatic N) is 1. The number of anilines is 1. The van der Waals surface area contributed by atoms with E-state index in [1.54, 1.807) is 55.6 Å². The van der Waals surface area contributed by atoms with Crippen molar-refractivity contribution in [3.63, 3.8) is 0 Å². The molecule has 7 nitrogen and oxygen atoms in total. The Morgan fingerprint density at radius 3 is 2.42 bits per heavy atom. The number of hydrogen-bond acceptors (Lipinski definition) is 4. The van der Waals surface area contributed by atoms with Crippen LogP contribution < -0.4 is 21.5 Å². The van der Waals surface area contributed by atoms with Gasteiger partial charge in [0.25, 0.3) is 5.91 Å². The van der Waals surface area contributed by atoms with Crippen LogP contribution in [-0.4, -0.2) is 24.1 Å². The second-order valence-electron chi connectivity index (χ2n) is 5.62. The molecule has 7 heteroatoms. The molecule has 3 aromatic rings. The summed E-state index contributed by atoms with van der Waals surface area (Å²) in [4.78, 5) is 16.4. The first-order valence-electron chi connectivity index (χ1n) is 7.78. The second-order valence-corrected chi connectivity index (χ2v) is 5.62. The number of nitrogens with one attached hydrogen (secondary N) is 1. The summed E-state index contributed by atoms with van der Waals surface area (Å²) >= 11 is 0. The van der Waals surface area contributed by atoms with Crippen LogP contribution in [0, 0.1) is 0 Å². The van der Waals surface area contributed by atoms with Gasteiger partial charge in [0.2, 0.25) is 0 Å². The van der Waals surface area contributed by atoms with E-state index >= 15 is 0 Å². The standard InChI is InChI=1S/C19H18N4O3/c1-26-15-7-2-11-10-17(24)16(9-12(11)8-15)18(25)22-13-3-5-14(6-4-13)23-19(20)21/h2-10,24H,1H3,(H,22,25)(H4,20,21,23). The molecule has 0 atom stereocenters. The number of rotatable bonds is 4. The Balaban J connectivity index is 1.87. The third-order valence-corrected chi connectivity index (χ3v) is 3.79. The summed E-state index contributed by atoms with van der Waals surface area (Å²) < 4.78 is 5.20. The number of phenols is 1. The van der Waals surface area contributed by atoms with Crippen molar-refractivity contribution >= 4 is 34.0 Å². The summed E-state index contributed by atoms with van der Waals surface area (Å²) in [5.74, 6) is 0.0993. The van der Waals surface area contributed by atoms with E-state index in [1.165, 1.54) is 0 Å². The summed E-state index contributed by atoms with van der Waals surface area (Å²) in [5.41, 5.74) is 11.9. The Morgan fingerprint density at radius 2 is 1.77 bits per heavy atom. The van der Waals surface area contributed by atoms with Gasteiger partial charge in [0.15, 0.2) is 5.96 Å². The highest BCUT2D eigenvalue weighted by molar-refractivity contribution is 6.08. The number of nitrogens with two attached hydrogens (primary N) is 2. The fourth-order valence-electron chi connectivity index (χ4n) is 2.54. The first-order chi connectivity index (χ1) is 12.5. The molecular formula is C19H18N4O3. The van der Waals surface area contributed by atoms with Crippen LogP contribution in [0.25, 0.3) is 10.8 Å². The average molecular weight is 350 g/mol. The Hall–Kier alpha value is -3.74. The maximum Gasteiger partial charge on any atom is 0.259 e. The first-order valence-corrected chi connectivity index (χ1v) is 7.78. The van der Waals surface area contributed by atoms with E-state index in [0.717, 1.165) is 10.8 Å². The van der Waals surface area contributed by atoms with Crippen molar-refractivity contribution in [2.24, 2.45) is 16.5 Å². The Labute approximate surface area is 149 Å². The number of benzene rings is 3. The van der Waals surface area contributed by atoms with Gasteiger partial charge in [-0.15, -0.1) is 0 Å². The van der Waals surface area contributed by atoms with Gasteiger partial charge in [0, 0.05) is 5.69 Å². The molecule has 1 amide bonds. The monoisotopic (exact) mass is 350 g/mol. The molecule has 0 heterocycles. The van der Waals surface area contributed by atoms with E-state index in [1.807, 2.05) is 6.07 Å². The lowest BCUT2D eigenvalue weighted by atomic mass is 10.0. The fraction of sp³-hybridized carbons (Fsp3) is 0.0526. The third-order valence-electron chi connectivity index (χ3n) is 3.79. The number of carbonyl (C=O) groups is 1. The molecule has 3 rings (SSSR count). The van der Waals surface area contributed by atoms with Gasteiger partial charge in [0.1, 0.15) is 11.5 Å². The lowest BCUT2D eigenvalue weighted by molar-refractivity contribution is 0.102. The van der Waals surface area contributed by atoms with Crippen LogP contribution in [0.3, 0.4) is 0 Å². The zero-order valence-electron chi connectivity index (χ0n) is 14.1. The van der Waals surface area contributed by atoms with Gasteiger partial charge in [-0.25, -0.2) is 4.99 Å². The normalized spacial score (nSPS) is 10.3. The van der Waals surface area contributed by atoms with E-state index < -0.39 is 5.91 Å². The summed E-state index contributed by atoms with van der Waals surface area (Å²) in [6.07, 6.45) is 0. The van der Waals surface area contributed by atoms with E-state index in [-0.39, 0.29) is 17.3 Å². The fourth-order valence-corrected chi connectivity index (χ4v) is 2.54. The van der Waals surface area contributed by atoms with Crippen LogP contribution in [0.1, 0.15) is 10.4 Å². The largest absolute Gasteiger partial charge is 0.507 e.